The Morgan fingerprint density at radius 3 is 2.08 bits per heavy atom. The van der Waals surface area contributed by atoms with Crippen LogP contribution in [0.3, 0.4) is 0 Å². The number of para-hydroxylation sites is 1. The van der Waals surface area contributed by atoms with Crippen LogP contribution in [-0.4, -0.2) is 37.9 Å². The van der Waals surface area contributed by atoms with E-state index in [0.29, 0.717) is 0 Å². The smallest absolute Gasteiger partial charge is 0.311 e. The van der Waals surface area contributed by atoms with Crippen LogP contribution in [0.4, 0.5) is 0 Å². The first-order valence-corrected chi connectivity index (χ1v) is 14.6. The first kappa shape index (κ1) is 30.9. The zero-order valence-electron chi connectivity index (χ0n) is 24.1. The van der Waals surface area contributed by atoms with Gasteiger partial charge in [0.15, 0.2) is 0 Å². The van der Waals surface area contributed by atoms with Crippen LogP contribution in [0, 0.1) is 5.92 Å². The molecule has 0 aliphatic rings. The standard InChI is InChI=1S/C33H52NO3/c1-5-6-7-8-9-10-11-12-13-17-22-31-23-18-19-24-32(31)36-28-37-33(35)29(2)25-26-34(3,4)27-30-20-15-14-16-21-30/h14-16,18-21,23-24,29H,5-13,17,22,25-28H2,1-4H3/q+1. The van der Waals surface area contributed by atoms with Gasteiger partial charge in [-0.05, 0) is 24.5 Å². The van der Waals surface area contributed by atoms with Gasteiger partial charge in [-0.15, -0.1) is 0 Å². The molecule has 37 heavy (non-hydrogen) atoms. The van der Waals surface area contributed by atoms with Crippen LogP contribution in [-0.2, 0) is 22.5 Å². The summed E-state index contributed by atoms with van der Waals surface area (Å²) in [6.07, 6.45) is 15.1. The predicted octanol–water partition coefficient (Wildman–Crippen LogP) is 8.33. The van der Waals surface area contributed by atoms with Crippen molar-refractivity contribution in [3.8, 4) is 5.75 Å². The van der Waals surface area contributed by atoms with Crippen molar-refractivity contribution in [3.63, 3.8) is 0 Å². The molecule has 2 rings (SSSR count). The summed E-state index contributed by atoms with van der Waals surface area (Å²) < 4.78 is 12.2. The molecule has 0 aliphatic heterocycles. The molecule has 0 aliphatic carbocycles. The van der Waals surface area contributed by atoms with Gasteiger partial charge in [0.2, 0.25) is 6.79 Å². The maximum atomic E-state index is 12.6. The fourth-order valence-electron chi connectivity index (χ4n) is 4.77. The number of ether oxygens (including phenoxy) is 2. The molecule has 0 radical (unpaired) electrons. The van der Waals surface area contributed by atoms with Crippen molar-refractivity contribution < 1.29 is 18.8 Å². The van der Waals surface area contributed by atoms with Gasteiger partial charge in [-0.3, -0.25) is 4.79 Å². The molecule has 0 spiro atoms. The number of nitrogens with zero attached hydrogens (tertiary/aromatic N) is 1. The number of benzene rings is 2. The molecule has 2 aromatic rings. The van der Waals surface area contributed by atoms with Gasteiger partial charge in [-0.2, -0.15) is 0 Å². The molecular formula is C33H52NO3+. The average Bonchev–Trinajstić information content (AvgIpc) is 2.89. The second kappa shape index (κ2) is 18.0. The first-order valence-electron chi connectivity index (χ1n) is 14.6. The largest absolute Gasteiger partial charge is 0.457 e. The van der Waals surface area contributed by atoms with Gasteiger partial charge in [0.05, 0.1) is 26.6 Å². The minimum Gasteiger partial charge on any atom is -0.457 e. The number of aryl methyl sites for hydroxylation is 1. The number of unbranched alkanes of at least 4 members (excludes halogenated alkanes) is 9. The lowest BCUT2D eigenvalue weighted by atomic mass is 10.0. The molecule has 4 nitrogen and oxygen atoms in total. The fraction of sp³-hybridized carbons (Fsp3) is 0.606. The molecule has 0 aromatic heterocycles. The van der Waals surface area contributed by atoms with Crippen molar-refractivity contribution in [2.24, 2.45) is 5.92 Å². The molecule has 0 saturated heterocycles. The number of rotatable bonds is 20. The number of hydrogen-bond acceptors (Lipinski definition) is 3. The normalized spacial score (nSPS) is 12.3. The first-order chi connectivity index (χ1) is 17.9. The molecule has 0 bridgehead atoms. The lowest BCUT2D eigenvalue weighted by Crippen LogP contribution is -2.40. The molecule has 0 amide bonds. The van der Waals surface area contributed by atoms with Gasteiger partial charge in [0, 0.05) is 12.0 Å². The van der Waals surface area contributed by atoms with Gasteiger partial charge in [-0.25, -0.2) is 0 Å². The average molecular weight is 511 g/mol. The molecule has 206 valence electrons. The molecule has 1 unspecified atom stereocenters. The van der Waals surface area contributed by atoms with E-state index in [2.05, 4.69) is 57.4 Å². The van der Waals surface area contributed by atoms with Crippen molar-refractivity contribution in [1.82, 2.24) is 0 Å². The van der Waals surface area contributed by atoms with Crippen LogP contribution in [0.5, 0.6) is 5.75 Å². The summed E-state index contributed by atoms with van der Waals surface area (Å²) in [6, 6.07) is 18.6. The Morgan fingerprint density at radius 1 is 0.811 bits per heavy atom. The Bertz CT molecular complexity index is 865. The van der Waals surface area contributed by atoms with Gasteiger partial charge in [-0.1, -0.05) is 120 Å². The van der Waals surface area contributed by atoms with Crippen LogP contribution >= 0.6 is 0 Å². The Hall–Kier alpha value is -2.33. The molecular weight excluding hydrogens is 458 g/mol. The predicted molar refractivity (Wildman–Crippen MR) is 154 cm³/mol. The third kappa shape index (κ3) is 13.7. The summed E-state index contributed by atoms with van der Waals surface area (Å²) in [5.74, 6) is 0.491. The Labute approximate surface area is 227 Å². The summed E-state index contributed by atoms with van der Waals surface area (Å²) in [4.78, 5) is 12.6. The van der Waals surface area contributed by atoms with E-state index in [-0.39, 0.29) is 18.7 Å². The SMILES string of the molecule is CCCCCCCCCCCCc1ccccc1OCOC(=O)C(C)CC[N+](C)(C)Cc1ccccc1. The Kier molecular flexibility index (Phi) is 15.0. The van der Waals surface area contributed by atoms with Crippen molar-refractivity contribution in [2.75, 3.05) is 27.4 Å². The van der Waals surface area contributed by atoms with Gasteiger partial charge < -0.3 is 14.0 Å². The van der Waals surface area contributed by atoms with Crippen LogP contribution in [0.15, 0.2) is 54.6 Å². The number of esters is 1. The number of carbonyl (C=O) groups is 1. The monoisotopic (exact) mass is 510 g/mol. The lowest BCUT2D eigenvalue weighted by Gasteiger charge is -2.30. The molecule has 4 heteroatoms. The Morgan fingerprint density at radius 2 is 1.41 bits per heavy atom. The molecule has 2 aromatic carbocycles. The minimum absolute atomic E-state index is 0.0273. The van der Waals surface area contributed by atoms with Gasteiger partial charge >= 0.3 is 5.97 Å². The molecule has 0 heterocycles. The summed E-state index contributed by atoms with van der Waals surface area (Å²) in [5.41, 5.74) is 2.51. The number of quaternary nitrogens is 1. The van der Waals surface area contributed by atoms with E-state index in [1.807, 2.05) is 25.1 Å². The minimum atomic E-state index is -0.188. The van der Waals surface area contributed by atoms with E-state index in [1.54, 1.807) is 0 Å². The topological polar surface area (TPSA) is 35.5 Å². The van der Waals surface area contributed by atoms with Crippen LogP contribution in [0.2, 0.25) is 0 Å². The lowest BCUT2D eigenvalue weighted by molar-refractivity contribution is -0.904. The molecule has 1 atom stereocenters. The molecule has 0 fully saturated rings. The van der Waals surface area contributed by atoms with Crippen LogP contribution in [0.25, 0.3) is 0 Å². The molecule has 0 saturated carbocycles. The highest BCUT2D eigenvalue weighted by atomic mass is 16.7. The summed E-state index contributed by atoms with van der Waals surface area (Å²) in [7, 11) is 4.42. The highest BCUT2D eigenvalue weighted by molar-refractivity contribution is 5.71. The van der Waals surface area contributed by atoms with E-state index in [4.69, 9.17) is 9.47 Å². The fourth-order valence-corrected chi connectivity index (χ4v) is 4.77. The van der Waals surface area contributed by atoms with E-state index in [9.17, 15) is 4.79 Å². The van der Waals surface area contributed by atoms with E-state index in [1.165, 1.54) is 75.3 Å². The number of carbonyl (C=O) groups excluding carboxylic acids is 1. The van der Waals surface area contributed by atoms with E-state index >= 15 is 0 Å². The summed E-state index contributed by atoms with van der Waals surface area (Å²) in [5, 5.41) is 0. The van der Waals surface area contributed by atoms with Gasteiger partial charge in [0.1, 0.15) is 12.3 Å². The van der Waals surface area contributed by atoms with Crippen molar-refractivity contribution in [3.05, 3.63) is 65.7 Å². The second-order valence-corrected chi connectivity index (χ2v) is 11.3. The Balaban J connectivity index is 1.63. The summed E-state index contributed by atoms with van der Waals surface area (Å²) in [6.45, 7) is 6.05. The van der Waals surface area contributed by atoms with E-state index in [0.717, 1.165) is 36.2 Å². The summed E-state index contributed by atoms with van der Waals surface area (Å²) >= 11 is 0. The van der Waals surface area contributed by atoms with Crippen molar-refractivity contribution >= 4 is 5.97 Å². The molecule has 0 N–H and O–H groups in total. The second-order valence-electron chi connectivity index (χ2n) is 11.3. The third-order valence-corrected chi connectivity index (χ3v) is 7.21. The maximum absolute atomic E-state index is 12.6. The maximum Gasteiger partial charge on any atom is 0.311 e. The van der Waals surface area contributed by atoms with Crippen LogP contribution in [0.1, 0.15) is 95.6 Å². The van der Waals surface area contributed by atoms with Crippen molar-refractivity contribution in [1.29, 1.82) is 0 Å². The highest BCUT2D eigenvalue weighted by Gasteiger charge is 2.22. The van der Waals surface area contributed by atoms with Gasteiger partial charge in [0.25, 0.3) is 0 Å². The van der Waals surface area contributed by atoms with E-state index < -0.39 is 0 Å². The third-order valence-electron chi connectivity index (χ3n) is 7.21. The quantitative estimate of drug-likeness (QED) is 0.0777. The highest BCUT2D eigenvalue weighted by Crippen LogP contribution is 2.21. The van der Waals surface area contributed by atoms with Crippen LogP contribution < -0.4 is 4.74 Å². The van der Waals surface area contributed by atoms with Crippen molar-refractivity contribution in [2.45, 2.75) is 97.4 Å². The number of hydrogen-bond donors (Lipinski definition) is 0. The zero-order chi connectivity index (χ0) is 26.8. The zero-order valence-corrected chi connectivity index (χ0v) is 24.1.